The highest BCUT2D eigenvalue weighted by atomic mass is 32.1. The Morgan fingerprint density at radius 1 is 1.39 bits per heavy atom. The molecule has 1 atom stereocenters. The zero-order valence-electron chi connectivity index (χ0n) is 12.5. The minimum atomic E-state index is -0.924. The lowest BCUT2D eigenvalue weighted by atomic mass is 10.0. The van der Waals surface area contributed by atoms with Gasteiger partial charge in [-0.05, 0) is 31.4 Å². The SMILES string of the molecule is O=C(O)C1CCCCN1C(=O)Cc1csc(-c2cccnc2)n1. The van der Waals surface area contributed by atoms with Crippen LogP contribution in [-0.2, 0) is 16.0 Å². The first kappa shape index (κ1) is 15.6. The number of carboxylic acids is 1. The summed E-state index contributed by atoms with van der Waals surface area (Å²) >= 11 is 1.46. The van der Waals surface area contributed by atoms with Crippen molar-refractivity contribution in [2.45, 2.75) is 31.7 Å². The molecule has 120 valence electrons. The maximum Gasteiger partial charge on any atom is 0.326 e. The molecule has 1 amide bonds. The minimum Gasteiger partial charge on any atom is -0.480 e. The maximum atomic E-state index is 12.4. The molecular formula is C16H17N3O3S. The molecule has 7 heteroatoms. The first-order valence-electron chi connectivity index (χ1n) is 7.52. The molecule has 2 aromatic heterocycles. The molecule has 6 nitrogen and oxygen atoms in total. The van der Waals surface area contributed by atoms with Crippen molar-refractivity contribution < 1.29 is 14.7 Å². The number of likely N-dealkylation sites (tertiary alicyclic amines) is 1. The highest BCUT2D eigenvalue weighted by Gasteiger charge is 2.31. The molecule has 1 N–H and O–H groups in total. The summed E-state index contributed by atoms with van der Waals surface area (Å²) in [7, 11) is 0. The summed E-state index contributed by atoms with van der Waals surface area (Å²) in [6.45, 7) is 0.509. The van der Waals surface area contributed by atoms with E-state index in [0.29, 0.717) is 18.7 Å². The smallest absolute Gasteiger partial charge is 0.326 e. The summed E-state index contributed by atoms with van der Waals surface area (Å²) < 4.78 is 0. The third-order valence-corrected chi connectivity index (χ3v) is 4.84. The molecule has 1 aliphatic heterocycles. The van der Waals surface area contributed by atoms with Crippen LogP contribution in [0.2, 0.25) is 0 Å². The molecular weight excluding hydrogens is 314 g/mol. The molecule has 0 spiro atoms. The van der Waals surface area contributed by atoms with E-state index in [2.05, 4.69) is 9.97 Å². The molecule has 1 aliphatic rings. The van der Waals surface area contributed by atoms with Gasteiger partial charge in [-0.3, -0.25) is 9.78 Å². The number of nitrogens with zero attached hydrogens (tertiary/aromatic N) is 3. The first-order valence-corrected chi connectivity index (χ1v) is 8.40. The molecule has 23 heavy (non-hydrogen) atoms. The van der Waals surface area contributed by atoms with Crippen LogP contribution in [0.5, 0.6) is 0 Å². The van der Waals surface area contributed by atoms with Crippen molar-refractivity contribution in [1.29, 1.82) is 0 Å². The topological polar surface area (TPSA) is 83.4 Å². The minimum absolute atomic E-state index is 0.139. The zero-order valence-corrected chi connectivity index (χ0v) is 13.3. The second-order valence-electron chi connectivity index (χ2n) is 5.50. The fraction of sp³-hybridized carbons (Fsp3) is 0.375. The van der Waals surface area contributed by atoms with E-state index < -0.39 is 12.0 Å². The van der Waals surface area contributed by atoms with Gasteiger partial charge in [0.05, 0.1) is 12.1 Å². The largest absolute Gasteiger partial charge is 0.480 e. The summed E-state index contributed by atoms with van der Waals surface area (Å²) in [5.74, 6) is -1.09. The van der Waals surface area contributed by atoms with Crippen LogP contribution in [-0.4, -0.2) is 44.4 Å². The number of rotatable bonds is 4. The lowest BCUT2D eigenvalue weighted by Gasteiger charge is -2.32. The lowest BCUT2D eigenvalue weighted by molar-refractivity contribution is -0.151. The number of pyridine rings is 1. The molecule has 3 rings (SSSR count). The van der Waals surface area contributed by atoms with Crippen molar-refractivity contribution >= 4 is 23.2 Å². The predicted molar refractivity (Wildman–Crippen MR) is 86.0 cm³/mol. The van der Waals surface area contributed by atoms with E-state index in [-0.39, 0.29) is 12.3 Å². The van der Waals surface area contributed by atoms with Crippen molar-refractivity contribution in [1.82, 2.24) is 14.9 Å². The van der Waals surface area contributed by atoms with Crippen LogP contribution in [0.3, 0.4) is 0 Å². The number of hydrogen-bond donors (Lipinski definition) is 1. The first-order chi connectivity index (χ1) is 11.1. The van der Waals surface area contributed by atoms with Crippen LogP contribution in [0.25, 0.3) is 10.6 Å². The van der Waals surface area contributed by atoms with E-state index in [1.807, 2.05) is 17.5 Å². The predicted octanol–water partition coefficient (Wildman–Crippen LogP) is 2.21. The van der Waals surface area contributed by atoms with Gasteiger partial charge in [-0.25, -0.2) is 9.78 Å². The average molecular weight is 331 g/mol. The van der Waals surface area contributed by atoms with Crippen molar-refractivity contribution in [3.05, 3.63) is 35.6 Å². The molecule has 1 unspecified atom stereocenters. The number of hydrogen-bond acceptors (Lipinski definition) is 5. The van der Waals surface area contributed by atoms with Crippen LogP contribution in [0.15, 0.2) is 29.9 Å². The van der Waals surface area contributed by atoms with Crippen molar-refractivity contribution in [3.8, 4) is 10.6 Å². The van der Waals surface area contributed by atoms with Crippen LogP contribution in [0, 0.1) is 0 Å². The standard InChI is InChI=1S/C16H17N3O3S/c20-14(19-7-2-1-5-13(19)16(21)22)8-12-10-23-15(18-12)11-4-3-6-17-9-11/h3-4,6,9-10,13H,1-2,5,7-8H2,(H,21,22). The second-order valence-corrected chi connectivity index (χ2v) is 6.36. The summed E-state index contributed by atoms with van der Waals surface area (Å²) in [4.78, 5) is 33.7. The van der Waals surface area contributed by atoms with Crippen molar-refractivity contribution in [3.63, 3.8) is 0 Å². The molecule has 0 aliphatic carbocycles. The molecule has 3 heterocycles. The number of carbonyl (C=O) groups is 2. The third kappa shape index (κ3) is 3.56. The number of aromatic nitrogens is 2. The summed E-state index contributed by atoms with van der Waals surface area (Å²) in [6.07, 6.45) is 5.80. The van der Waals surface area contributed by atoms with E-state index >= 15 is 0 Å². The summed E-state index contributed by atoms with van der Waals surface area (Å²) in [6, 6.07) is 3.06. The monoisotopic (exact) mass is 331 g/mol. The van der Waals surface area contributed by atoms with Crippen LogP contribution in [0.1, 0.15) is 25.0 Å². The lowest BCUT2D eigenvalue weighted by Crippen LogP contribution is -2.48. The van der Waals surface area contributed by atoms with E-state index in [9.17, 15) is 14.7 Å². The second kappa shape index (κ2) is 6.87. The number of aliphatic carboxylic acids is 1. The van der Waals surface area contributed by atoms with Gasteiger partial charge >= 0.3 is 5.97 Å². The van der Waals surface area contributed by atoms with Gasteiger partial charge in [0.1, 0.15) is 11.0 Å². The van der Waals surface area contributed by atoms with E-state index in [0.717, 1.165) is 23.4 Å². The Morgan fingerprint density at radius 3 is 3.00 bits per heavy atom. The number of carbonyl (C=O) groups excluding carboxylic acids is 1. The quantitative estimate of drug-likeness (QED) is 0.929. The highest BCUT2D eigenvalue weighted by Crippen LogP contribution is 2.24. The molecule has 2 aromatic rings. The van der Waals surface area contributed by atoms with Gasteiger partial charge in [-0.15, -0.1) is 11.3 Å². The molecule has 0 radical (unpaired) electrons. The molecule has 0 saturated carbocycles. The molecule has 1 fully saturated rings. The van der Waals surface area contributed by atoms with Crippen molar-refractivity contribution in [2.24, 2.45) is 0 Å². The zero-order chi connectivity index (χ0) is 16.2. The van der Waals surface area contributed by atoms with Gasteiger partial charge < -0.3 is 10.0 Å². The van der Waals surface area contributed by atoms with Crippen LogP contribution >= 0.6 is 11.3 Å². The number of piperidine rings is 1. The molecule has 0 aromatic carbocycles. The Balaban J connectivity index is 1.70. The highest BCUT2D eigenvalue weighted by molar-refractivity contribution is 7.13. The molecule has 1 saturated heterocycles. The maximum absolute atomic E-state index is 12.4. The number of amides is 1. The third-order valence-electron chi connectivity index (χ3n) is 3.90. The summed E-state index contributed by atoms with van der Waals surface area (Å²) in [5.41, 5.74) is 1.59. The van der Waals surface area contributed by atoms with E-state index in [4.69, 9.17) is 0 Å². The summed E-state index contributed by atoms with van der Waals surface area (Å²) in [5, 5.41) is 11.9. The van der Waals surface area contributed by atoms with Gasteiger partial charge in [0, 0.05) is 29.9 Å². The van der Waals surface area contributed by atoms with Crippen LogP contribution < -0.4 is 0 Å². The van der Waals surface area contributed by atoms with E-state index in [1.54, 1.807) is 12.4 Å². The Hall–Kier alpha value is -2.28. The van der Waals surface area contributed by atoms with Gasteiger partial charge in [0.2, 0.25) is 5.91 Å². The Bertz CT molecular complexity index is 702. The van der Waals surface area contributed by atoms with Gasteiger partial charge in [-0.2, -0.15) is 0 Å². The van der Waals surface area contributed by atoms with Gasteiger partial charge in [0.25, 0.3) is 0 Å². The normalized spacial score (nSPS) is 17.9. The van der Waals surface area contributed by atoms with Gasteiger partial charge in [-0.1, -0.05) is 0 Å². The van der Waals surface area contributed by atoms with Crippen LogP contribution in [0.4, 0.5) is 0 Å². The Labute approximate surface area is 137 Å². The fourth-order valence-corrected chi connectivity index (χ4v) is 3.56. The van der Waals surface area contributed by atoms with Gasteiger partial charge in [0.15, 0.2) is 0 Å². The van der Waals surface area contributed by atoms with Crippen molar-refractivity contribution in [2.75, 3.05) is 6.54 Å². The Kier molecular flexibility index (Phi) is 4.66. The van der Waals surface area contributed by atoms with E-state index in [1.165, 1.54) is 16.2 Å². The molecule has 0 bridgehead atoms. The number of thiazole rings is 1. The average Bonchev–Trinajstić information content (AvgIpc) is 3.04. The number of carboxylic acid groups (broad SMARTS) is 1. The Morgan fingerprint density at radius 2 is 2.26 bits per heavy atom. The fourth-order valence-electron chi connectivity index (χ4n) is 2.75.